The fraction of sp³-hybridized carbons (Fsp3) is 0.429. The Hall–Kier alpha value is -1.25. The van der Waals surface area contributed by atoms with Gasteiger partial charge >= 0.3 is 0 Å². The average Bonchev–Trinajstić information content (AvgIpc) is 2.99. The zero-order chi connectivity index (χ0) is 16.8. The molecule has 6 nitrogen and oxygen atoms in total. The van der Waals surface area contributed by atoms with Crippen molar-refractivity contribution in [1.82, 2.24) is 14.8 Å². The molecule has 0 amide bonds. The van der Waals surface area contributed by atoms with Crippen molar-refractivity contribution in [1.29, 1.82) is 0 Å². The Balaban J connectivity index is 0.000000299. The molecule has 1 aromatic carbocycles. The lowest BCUT2D eigenvalue weighted by atomic mass is 10.1. The number of rotatable bonds is 1. The molecular formula is C14H20BrN3O3S. The third kappa shape index (κ3) is 5.86. The number of halogens is 1. The van der Waals surface area contributed by atoms with Gasteiger partial charge in [0.15, 0.2) is 0 Å². The Kier molecular flexibility index (Phi) is 7.18. The number of nitrogens with zero attached hydrogens (tertiary/aromatic N) is 3. The van der Waals surface area contributed by atoms with Crippen LogP contribution in [0.25, 0.3) is 0 Å². The first-order valence-corrected chi connectivity index (χ1v) is 9.57. The Bertz CT molecular complexity index is 679. The van der Waals surface area contributed by atoms with Crippen LogP contribution in [-0.2, 0) is 16.5 Å². The van der Waals surface area contributed by atoms with Crippen LogP contribution in [0.4, 0.5) is 0 Å². The highest BCUT2D eigenvalue weighted by Gasteiger charge is 2.26. The molecule has 0 saturated carbocycles. The summed E-state index contributed by atoms with van der Waals surface area (Å²) in [6.07, 6.45) is 2.83. The maximum Gasteiger partial charge on any atom is 0.261 e. The summed E-state index contributed by atoms with van der Waals surface area (Å²) in [5.41, 5.74) is 1.31. The Labute approximate surface area is 139 Å². The molecule has 122 valence electrons. The first-order chi connectivity index (χ1) is 10.3. The minimum atomic E-state index is -3.67. The predicted molar refractivity (Wildman–Crippen MR) is 89.4 cm³/mol. The SMILES string of the molecule is Brc1nc2n(n1)C(c1ccccc1)CC2.CC.CS(=O)(=O)O. The van der Waals surface area contributed by atoms with Gasteiger partial charge in [-0.2, -0.15) is 8.42 Å². The molecule has 1 atom stereocenters. The minimum absolute atomic E-state index is 0.361. The van der Waals surface area contributed by atoms with E-state index in [-0.39, 0.29) is 0 Å². The van der Waals surface area contributed by atoms with E-state index in [9.17, 15) is 8.42 Å². The van der Waals surface area contributed by atoms with Crippen molar-refractivity contribution < 1.29 is 13.0 Å². The molecule has 0 fully saturated rings. The number of hydrogen-bond donors (Lipinski definition) is 1. The van der Waals surface area contributed by atoms with Crippen molar-refractivity contribution in [3.63, 3.8) is 0 Å². The zero-order valence-corrected chi connectivity index (χ0v) is 15.2. The molecule has 3 rings (SSSR count). The van der Waals surface area contributed by atoms with E-state index in [0.717, 1.165) is 18.7 Å². The van der Waals surface area contributed by atoms with Crippen LogP contribution in [0.5, 0.6) is 0 Å². The van der Waals surface area contributed by atoms with Crippen molar-refractivity contribution in [2.75, 3.05) is 6.26 Å². The predicted octanol–water partition coefficient (Wildman–Crippen LogP) is 3.11. The van der Waals surface area contributed by atoms with Crippen LogP contribution >= 0.6 is 15.9 Å². The summed E-state index contributed by atoms with van der Waals surface area (Å²) in [7, 11) is -3.67. The highest BCUT2D eigenvalue weighted by molar-refractivity contribution is 9.10. The third-order valence-electron chi connectivity index (χ3n) is 2.80. The van der Waals surface area contributed by atoms with E-state index in [1.807, 2.05) is 24.6 Å². The van der Waals surface area contributed by atoms with Gasteiger partial charge in [-0.15, -0.1) is 5.10 Å². The van der Waals surface area contributed by atoms with E-state index in [4.69, 9.17) is 4.55 Å². The highest BCUT2D eigenvalue weighted by Crippen LogP contribution is 2.30. The molecule has 1 aromatic heterocycles. The minimum Gasteiger partial charge on any atom is -0.286 e. The fourth-order valence-corrected chi connectivity index (χ4v) is 2.49. The summed E-state index contributed by atoms with van der Waals surface area (Å²) in [4.78, 5) is 4.34. The maximum absolute atomic E-state index is 9.19. The van der Waals surface area contributed by atoms with Gasteiger partial charge in [-0.1, -0.05) is 44.2 Å². The normalized spacial score (nSPS) is 16.0. The molecule has 2 heterocycles. The quantitative estimate of drug-likeness (QED) is 0.757. The Morgan fingerprint density at radius 3 is 2.36 bits per heavy atom. The number of aryl methyl sites for hydroxylation is 1. The molecule has 0 bridgehead atoms. The van der Waals surface area contributed by atoms with Gasteiger partial charge in [-0.3, -0.25) is 4.55 Å². The monoisotopic (exact) mass is 389 g/mol. The second-order valence-corrected chi connectivity index (χ2v) is 6.62. The van der Waals surface area contributed by atoms with Crippen molar-refractivity contribution in [3.05, 3.63) is 46.5 Å². The van der Waals surface area contributed by atoms with Crippen LogP contribution in [0.1, 0.15) is 37.7 Å². The van der Waals surface area contributed by atoms with Crippen LogP contribution in [0.2, 0.25) is 0 Å². The summed E-state index contributed by atoms with van der Waals surface area (Å²) in [6.45, 7) is 4.00. The van der Waals surface area contributed by atoms with Crippen molar-refractivity contribution >= 4 is 26.0 Å². The molecule has 0 radical (unpaired) electrons. The smallest absolute Gasteiger partial charge is 0.261 e. The van der Waals surface area contributed by atoms with Crippen LogP contribution in [0, 0.1) is 0 Å². The summed E-state index contributed by atoms with van der Waals surface area (Å²) in [5.74, 6) is 1.08. The number of hydrogen-bond acceptors (Lipinski definition) is 4. The zero-order valence-electron chi connectivity index (χ0n) is 12.8. The topological polar surface area (TPSA) is 85.1 Å². The van der Waals surface area contributed by atoms with Crippen molar-refractivity contribution in [2.45, 2.75) is 32.7 Å². The summed E-state index contributed by atoms with van der Waals surface area (Å²) in [5, 5.41) is 4.37. The van der Waals surface area contributed by atoms with E-state index in [0.29, 0.717) is 17.0 Å². The molecule has 0 saturated heterocycles. The van der Waals surface area contributed by atoms with Crippen LogP contribution in [0.3, 0.4) is 0 Å². The number of benzene rings is 1. The van der Waals surface area contributed by atoms with Gasteiger partial charge in [-0.05, 0) is 27.9 Å². The Morgan fingerprint density at radius 1 is 1.27 bits per heavy atom. The molecule has 0 spiro atoms. The van der Waals surface area contributed by atoms with Crippen molar-refractivity contribution in [2.24, 2.45) is 0 Å². The highest BCUT2D eigenvalue weighted by atomic mass is 79.9. The van der Waals surface area contributed by atoms with Gasteiger partial charge in [-0.25, -0.2) is 9.67 Å². The summed E-state index contributed by atoms with van der Waals surface area (Å²) >= 11 is 3.31. The molecule has 1 aliphatic heterocycles. The van der Waals surface area contributed by atoms with Gasteiger partial charge in [0.25, 0.3) is 10.1 Å². The Morgan fingerprint density at radius 2 is 1.82 bits per heavy atom. The van der Waals surface area contributed by atoms with Gasteiger partial charge in [0, 0.05) is 6.42 Å². The first-order valence-electron chi connectivity index (χ1n) is 6.93. The second-order valence-electron chi connectivity index (χ2n) is 4.44. The maximum atomic E-state index is 9.19. The number of fused-ring (bicyclic) bond motifs is 1. The van der Waals surface area contributed by atoms with Crippen LogP contribution < -0.4 is 0 Å². The van der Waals surface area contributed by atoms with Crippen molar-refractivity contribution in [3.8, 4) is 0 Å². The number of aromatic nitrogens is 3. The standard InChI is InChI=1S/C11H10BrN3.C2H6.CH4O3S/c12-11-13-10-7-6-9(15(10)14-11)8-4-2-1-3-5-8;1-2;1-5(2,3)4/h1-5,9H,6-7H2;1-2H3;1H3,(H,2,3,4). The van der Waals surface area contributed by atoms with Gasteiger partial charge in [0.1, 0.15) is 5.82 Å². The lowest BCUT2D eigenvalue weighted by Crippen LogP contribution is -2.06. The average molecular weight is 390 g/mol. The molecule has 1 aliphatic rings. The molecular weight excluding hydrogens is 370 g/mol. The summed E-state index contributed by atoms with van der Waals surface area (Å²) < 4.78 is 28.6. The van der Waals surface area contributed by atoms with E-state index in [1.165, 1.54) is 5.56 Å². The lowest BCUT2D eigenvalue weighted by Gasteiger charge is -2.10. The van der Waals surface area contributed by atoms with E-state index >= 15 is 0 Å². The van der Waals surface area contributed by atoms with E-state index in [1.54, 1.807) is 0 Å². The molecule has 1 unspecified atom stereocenters. The first kappa shape index (κ1) is 18.8. The van der Waals surface area contributed by atoms with Crippen LogP contribution in [-0.4, -0.2) is 34.0 Å². The molecule has 0 aliphatic carbocycles. The second kappa shape index (κ2) is 8.40. The van der Waals surface area contributed by atoms with E-state index in [2.05, 4.69) is 50.3 Å². The molecule has 22 heavy (non-hydrogen) atoms. The van der Waals surface area contributed by atoms with Gasteiger partial charge in [0.05, 0.1) is 12.3 Å². The third-order valence-corrected chi connectivity index (χ3v) is 3.13. The molecule has 2 aromatic rings. The van der Waals surface area contributed by atoms with Gasteiger partial charge in [0.2, 0.25) is 4.73 Å². The fourth-order valence-electron chi connectivity index (χ4n) is 2.12. The molecule has 8 heteroatoms. The summed E-state index contributed by atoms with van der Waals surface area (Å²) in [6, 6.07) is 10.8. The van der Waals surface area contributed by atoms with E-state index < -0.39 is 10.1 Å². The largest absolute Gasteiger partial charge is 0.286 e. The van der Waals surface area contributed by atoms with Crippen LogP contribution in [0.15, 0.2) is 35.1 Å². The van der Waals surface area contributed by atoms with Gasteiger partial charge < -0.3 is 0 Å². The molecule has 1 N–H and O–H groups in total. The lowest BCUT2D eigenvalue weighted by molar-refractivity contribution is 0.490.